The molecule has 190 valence electrons. The molecule has 0 radical (unpaired) electrons. The van der Waals surface area contributed by atoms with E-state index >= 15 is 0 Å². The monoisotopic (exact) mass is 498 g/mol. The normalized spacial score (nSPS) is 12.2. The highest BCUT2D eigenvalue weighted by Gasteiger charge is 2.30. The standard InChI is InChI=1S/C22H44O8P2/c1-29-32(28,30-2)22(24)20-18-16-14-12-10-8-6-4-3-5-7-9-11-13-15-17-19-21(23)31(25,26)27/h3-20H2,1-2H3,(H2,25,26,27). The number of hydrogen-bond donors (Lipinski definition) is 2. The van der Waals surface area contributed by atoms with Gasteiger partial charge in [0.2, 0.25) is 11.0 Å². The van der Waals surface area contributed by atoms with Gasteiger partial charge in [0.1, 0.15) is 0 Å². The first-order valence-electron chi connectivity index (χ1n) is 12.0. The van der Waals surface area contributed by atoms with E-state index in [-0.39, 0.29) is 12.8 Å². The van der Waals surface area contributed by atoms with Crippen LogP contribution in [0.4, 0.5) is 0 Å². The number of hydrogen-bond acceptors (Lipinski definition) is 6. The molecule has 0 amide bonds. The van der Waals surface area contributed by atoms with Gasteiger partial charge in [-0.05, 0) is 12.8 Å². The second-order valence-electron chi connectivity index (χ2n) is 8.35. The van der Waals surface area contributed by atoms with Crippen LogP contribution < -0.4 is 0 Å². The predicted octanol–water partition coefficient (Wildman–Crippen LogP) is 6.73. The Morgan fingerprint density at radius 2 is 0.781 bits per heavy atom. The molecule has 0 saturated carbocycles. The SMILES string of the molecule is COP(=O)(OC)C(=O)CCCCCCCCCCCCCCCCCCC(=O)P(=O)(O)O. The van der Waals surface area contributed by atoms with E-state index in [4.69, 9.17) is 18.8 Å². The minimum absolute atomic E-state index is 0.0180. The number of rotatable bonds is 23. The molecule has 0 spiro atoms. The van der Waals surface area contributed by atoms with Crippen molar-refractivity contribution in [1.82, 2.24) is 0 Å². The summed E-state index contributed by atoms with van der Waals surface area (Å²) in [5, 5.41) is 0. The van der Waals surface area contributed by atoms with Gasteiger partial charge in [0, 0.05) is 27.1 Å². The molecule has 0 aromatic rings. The van der Waals surface area contributed by atoms with Gasteiger partial charge in [-0.3, -0.25) is 18.7 Å². The summed E-state index contributed by atoms with van der Waals surface area (Å²) in [5.74, 6) is 0. The van der Waals surface area contributed by atoms with E-state index < -0.39 is 26.2 Å². The average molecular weight is 499 g/mol. The smallest absolute Gasteiger partial charge is 0.319 e. The summed E-state index contributed by atoms with van der Waals surface area (Å²) < 4.78 is 32.0. The Bertz CT molecular complexity index is 595. The molecule has 10 heteroatoms. The van der Waals surface area contributed by atoms with Crippen molar-refractivity contribution in [3.05, 3.63) is 0 Å². The van der Waals surface area contributed by atoms with Gasteiger partial charge < -0.3 is 18.8 Å². The zero-order valence-corrected chi connectivity index (χ0v) is 21.8. The van der Waals surface area contributed by atoms with Gasteiger partial charge in [-0.25, -0.2) is 0 Å². The van der Waals surface area contributed by atoms with Gasteiger partial charge in [-0.15, -0.1) is 0 Å². The number of carbonyl (C=O) groups is 2. The molecule has 0 heterocycles. The molecule has 32 heavy (non-hydrogen) atoms. The van der Waals surface area contributed by atoms with Gasteiger partial charge in [-0.1, -0.05) is 89.9 Å². The summed E-state index contributed by atoms with van der Waals surface area (Å²) in [7, 11) is -5.60. The lowest BCUT2D eigenvalue weighted by Gasteiger charge is -2.11. The molecule has 0 aliphatic rings. The van der Waals surface area contributed by atoms with Crippen LogP contribution >= 0.6 is 15.2 Å². The van der Waals surface area contributed by atoms with Gasteiger partial charge in [0.25, 0.3) is 0 Å². The van der Waals surface area contributed by atoms with E-state index in [2.05, 4.69) is 0 Å². The first-order chi connectivity index (χ1) is 15.2. The Kier molecular flexibility index (Phi) is 18.8. The Labute approximate surface area is 193 Å². The van der Waals surface area contributed by atoms with Gasteiger partial charge in [0.15, 0.2) is 0 Å². The molecule has 0 rings (SSSR count). The minimum atomic E-state index is -4.53. The van der Waals surface area contributed by atoms with Crippen molar-refractivity contribution < 1.29 is 37.6 Å². The second-order valence-corrected chi connectivity index (χ2v) is 12.2. The molecule has 0 aromatic heterocycles. The highest BCUT2D eigenvalue weighted by molar-refractivity contribution is 7.71. The van der Waals surface area contributed by atoms with Gasteiger partial charge in [0.05, 0.1) is 0 Å². The first kappa shape index (κ1) is 31.6. The van der Waals surface area contributed by atoms with Crippen LogP contribution in [0.25, 0.3) is 0 Å². The molecule has 0 bridgehead atoms. The second kappa shape index (κ2) is 19.0. The molecule has 0 unspecified atom stereocenters. The van der Waals surface area contributed by atoms with E-state index in [0.29, 0.717) is 6.42 Å². The lowest BCUT2D eigenvalue weighted by molar-refractivity contribution is -0.114. The minimum Gasteiger partial charge on any atom is -0.319 e. The van der Waals surface area contributed by atoms with E-state index in [0.717, 1.165) is 38.5 Å². The summed E-state index contributed by atoms with van der Waals surface area (Å²) >= 11 is 0. The molecule has 8 nitrogen and oxygen atoms in total. The van der Waals surface area contributed by atoms with Crippen molar-refractivity contribution in [1.29, 1.82) is 0 Å². The van der Waals surface area contributed by atoms with E-state index in [1.807, 2.05) is 0 Å². The fourth-order valence-corrected chi connectivity index (χ4v) is 5.03. The predicted molar refractivity (Wildman–Crippen MR) is 127 cm³/mol. The van der Waals surface area contributed by atoms with Crippen molar-refractivity contribution >= 4 is 26.2 Å². The van der Waals surface area contributed by atoms with Crippen LogP contribution in [-0.2, 0) is 27.8 Å². The maximum atomic E-state index is 11.9. The number of unbranched alkanes of at least 4 members (excludes halogenated alkanes) is 15. The van der Waals surface area contributed by atoms with Crippen LogP contribution in [0.3, 0.4) is 0 Å². The van der Waals surface area contributed by atoms with Crippen molar-refractivity contribution in [2.75, 3.05) is 14.2 Å². The van der Waals surface area contributed by atoms with Crippen molar-refractivity contribution in [2.45, 2.75) is 116 Å². The molecule has 0 aliphatic heterocycles. The third kappa shape index (κ3) is 16.3. The largest absolute Gasteiger partial charge is 0.396 e. The van der Waals surface area contributed by atoms with E-state index in [1.165, 1.54) is 72.0 Å². The maximum Gasteiger partial charge on any atom is 0.396 e. The van der Waals surface area contributed by atoms with Crippen LogP contribution in [0.15, 0.2) is 0 Å². The third-order valence-corrected chi connectivity index (χ3v) is 8.31. The molecule has 0 aliphatic carbocycles. The molecule has 0 atom stereocenters. The molecule has 0 saturated heterocycles. The fraction of sp³-hybridized carbons (Fsp3) is 0.909. The third-order valence-electron chi connectivity index (χ3n) is 5.64. The highest BCUT2D eigenvalue weighted by atomic mass is 31.2. The Morgan fingerprint density at radius 1 is 0.531 bits per heavy atom. The van der Waals surface area contributed by atoms with Crippen LogP contribution in [-0.4, -0.2) is 35.1 Å². The molecular weight excluding hydrogens is 454 g/mol. The summed E-state index contributed by atoms with van der Waals surface area (Å²) in [6.45, 7) is 0. The van der Waals surface area contributed by atoms with Crippen molar-refractivity contribution in [3.8, 4) is 0 Å². The zero-order chi connectivity index (χ0) is 24.3. The maximum absolute atomic E-state index is 11.9. The molecule has 0 aromatic carbocycles. The average Bonchev–Trinajstić information content (AvgIpc) is 2.76. The molecule has 0 fully saturated rings. The quantitative estimate of drug-likeness (QED) is 0.117. The van der Waals surface area contributed by atoms with Crippen molar-refractivity contribution in [3.63, 3.8) is 0 Å². The van der Waals surface area contributed by atoms with Crippen LogP contribution in [0, 0.1) is 0 Å². The summed E-state index contributed by atoms with van der Waals surface area (Å²) in [4.78, 5) is 40.3. The highest BCUT2D eigenvalue weighted by Crippen LogP contribution is 2.48. The van der Waals surface area contributed by atoms with Crippen LogP contribution in [0.2, 0.25) is 0 Å². The Balaban J connectivity index is 3.32. The van der Waals surface area contributed by atoms with Crippen molar-refractivity contribution in [2.24, 2.45) is 0 Å². The van der Waals surface area contributed by atoms with Gasteiger partial charge >= 0.3 is 15.2 Å². The van der Waals surface area contributed by atoms with E-state index in [9.17, 15) is 18.7 Å². The van der Waals surface area contributed by atoms with E-state index in [1.54, 1.807) is 0 Å². The first-order valence-corrected chi connectivity index (χ1v) is 15.2. The lowest BCUT2D eigenvalue weighted by Crippen LogP contribution is -2.03. The lowest BCUT2D eigenvalue weighted by atomic mass is 10.0. The Morgan fingerprint density at radius 3 is 1.03 bits per heavy atom. The molecule has 2 N–H and O–H groups in total. The van der Waals surface area contributed by atoms with Crippen LogP contribution in [0.1, 0.15) is 116 Å². The summed E-state index contributed by atoms with van der Waals surface area (Å²) in [5.41, 5.74) is -1.37. The van der Waals surface area contributed by atoms with Crippen LogP contribution in [0.5, 0.6) is 0 Å². The summed E-state index contributed by atoms with van der Waals surface area (Å²) in [6.07, 6.45) is 17.6. The Hall–Kier alpha value is -0.360. The summed E-state index contributed by atoms with van der Waals surface area (Å²) in [6, 6.07) is 0. The fourth-order valence-electron chi connectivity index (χ4n) is 3.59. The number of carbonyl (C=O) groups excluding carboxylic acids is 2. The zero-order valence-electron chi connectivity index (χ0n) is 20.0. The molecular formula is C22H44O8P2. The van der Waals surface area contributed by atoms with Gasteiger partial charge in [-0.2, -0.15) is 0 Å². The topological polar surface area (TPSA) is 127 Å².